The van der Waals surface area contributed by atoms with Crippen LogP contribution in [-0.2, 0) is 47.7 Å². The minimum Gasteiger partial charge on any atom is -0.478 e. The molecule has 0 aromatic heterocycles. The molecule has 13 rings (SSSR count). The molecule has 0 radical (unpaired) electrons. The van der Waals surface area contributed by atoms with E-state index in [2.05, 4.69) is 13.8 Å². The van der Waals surface area contributed by atoms with E-state index in [0.717, 1.165) is 56.8 Å². The van der Waals surface area contributed by atoms with Crippen molar-refractivity contribution >= 4 is 46.6 Å². The van der Waals surface area contributed by atoms with Crippen LogP contribution in [0, 0.1) is 63.1 Å². The maximum Gasteiger partial charge on any atom is 0.336 e. The average Bonchev–Trinajstić information content (AvgIpc) is 4.11. The normalized spacial score (nSPS) is 34.3. The number of ether oxygens (including phenoxy) is 6. The number of carboxylic acids is 1. The van der Waals surface area contributed by atoms with Gasteiger partial charge in [-0.3, -0.25) is 24.0 Å². The van der Waals surface area contributed by atoms with E-state index in [4.69, 9.17) is 28.4 Å². The number of benzene rings is 2. The van der Waals surface area contributed by atoms with E-state index >= 15 is 0 Å². The Morgan fingerprint density at radius 3 is 1.63 bits per heavy atom. The molecule has 7 unspecified atom stereocenters. The van der Waals surface area contributed by atoms with Crippen LogP contribution in [0.2, 0.25) is 0 Å². The zero-order chi connectivity index (χ0) is 57.1. The molecule has 11 aliphatic rings. The Morgan fingerprint density at radius 1 is 0.603 bits per heavy atom. The van der Waals surface area contributed by atoms with Crippen LogP contribution >= 0.6 is 0 Å². The van der Waals surface area contributed by atoms with Gasteiger partial charge in [0.25, 0.3) is 0 Å². The second-order valence-corrected chi connectivity index (χ2v) is 27.8. The lowest BCUT2D eigenvalue weighted by Gasteiger charge is -2.60. The summed E-state index contributed by atoms with van der Waals surface area (Å²) in [6.07, 6.45) is 15.8. The maximum atomic E-state index is 12.6. The standard InChI is InChI=1S/C18H30O2.C17H18O4.C16H26O3.C13H18O5/c1-5-17(3,4)16(19)20-18(6-2)14-8-12-7-13(10-14)11-15(18)9-12;1-4-17(2,3)16(20)21-14-10-6-7-11-12(14)8-5-9-13(11)15(18)19;1-4-14(2,3)13(17)19-16-8-11-5-12(9-16)7-15(18,6-11)10-16;1-4-13(2,3)12(15)18-9-7-5-6-8(16-7)10(9)17-11(6)14/h12-15H,5-11H2,1-4H3;5-10H,4H2,1-3H3,(H,18,19);11-12,18H,4-10H2,1-3H3;6-10H,4-5H2,1-3H3. The molecule has 8 saturated carbocycles. The third-order valence-electron chi connectivity index (χ3n) is 20.7. The SMILES string of the molecule is CCC(C)(C)C(=O)OC1(CC)C2CC3CC(C2)CC1C3.CCC(C)(C)C(=O)OC12CC3CC(CC(O)(C3)C1)C2.CCC(C)(C)C(=O)OC1C2CC3C(=O)OC1C3O2.CCC(C)(C)C(=O)Oc1cccc2c(C(=O)O)cccc12. The summed E-state index contributed by atoms with van der Waals surface area (Å²) in [6, 6.07) is 10.0. The van der Waals surface area contributed by atoms with Crippen molar-refractivity contribution in [1.29, 1.82) is 0 Å². The summed E-state index contributed by atoms with van der Waals surface area (Å²) < 4.78 is 34.2. The van der Waals surface area contributed by atoms with Gasteiger partial charge < -0.3 is 38.6 Å². The van der Waals surface area contributed by atoms with Crippen molar-refractivity contribution in [1.82, 2.24) is 0 Å². The van der Waals surface area contributed by atoms with Crippen LogP contribution in [0.1, 0.15) is 210 Å². The number of rotatable bonds is 14. The zero-order valence-electron chi connectivity index (χ0n) is 49.1. The summed E-state index contributed by atoms with van der Waals surface area (Å²) in [7, 11) is 0. The van der Waals surface area contributed by atoms with Gasteiger partial charge in [0.15, 0.2) is 12.2 Å². The van der Waals surface area contributed by atoms with Gasteiger partial charge in [-0.2, -0.15) is 0 Å². The van der Waals surface area contributed by atoms with Crippen molar-refractivity contribution in [2.24, 2.45) is 63.1 Å². The van der Waals surface area contributed by atoms with Gasteiger partial charge in [-0.05, 0) is 211 Å². The lowest BCUT2D eigenvalue weighted by Crippen LogP contribution is -2.61. The molecule has 14 heteroatoms. The van der Waals surface area contributed by atoms with Crippen LogP contribution in [0.4, 0.5) is 0 Å². The largest absolute Gasteiger partial charge is 0.478 e. The number of fused-ring (bicyclic) bond motifs is 2. The lowest BCUT2D eigenvalue weighted by atomic mass is 9.49. The van der Waals surface area contributed by atoms with Crippen LogP contribution in [-0.4, -0.2) is 87.2 Å². The molecule has 78 heavy (non-hydrogen) atoms. The molecule has 11 fully saturated rings. The second kappa shape index (κ2) is 22.1. The first-order valence-electron chi connectivity index (χ1n) is 29.7. The lowest BCUT2D eigenvalue weighted by molar-refractivity contribution is -0.225. The molecule has 10 bridgehead atoms. The first kappa shape index (κ1) is 59.6. The van der Waals surface area contributed by atoms with E-state index in [0.29, 0.717) is 65.9 Å². The van der Waals surface area contributed by atoms with Gasteiger partial charge in [0, 0.05) is 11.8 Å². The minimum absolute atomic E-state index is 0.0364. The summed E-state index contributed by atoms with van der Waals surface area (Å²) in [5, 5.41) is 21.0. The number of carbonyl (C=O) groups is 6. The molecule has 3 saturated heterocycles. The molecule has 7 atom stereocenters. The molecule has 2 aromatic rings. The predicted octanol–water partition coefficient (Wildman–Crippen LogP) is 12.5. The van der Waals surface area contributed by atoms with E-state index in [9.17, 15) is 39.0 Å². The summed E-state index contributed by atoms with van der Waals surface area (Å²) in [5.74, 6) is 2.67. The van der Waals surface area contributed by atoms with Crippen molar-refractivity contribution < 1.29 is 67.4 Å². The fraction of sp³-hybridized carbons (Fsp3) is 0.750. The van der Waals surface area contributed by atoms with E-state index in [1.54, 1.807) is 30.3 Å². The van der Waals surface area contributed by atoms with Crippen LogP contribution in [0.15, 0.2) is 36.4 Å². The van der Waals surface area contributed by atoms with Crippen molar-refractivity contribution in [2.75, 3.05) is 0 Å². The number of hydrogen-bond donors (Lipinski definition) is 2. The molecule has 3 heterocycles. The zero-order valence-corrected chi connectivity index (χ0v) is 49.1. The molecule has 2 N–H and O–H groups in total. The summed E-state index contributed by atoms with van der Waals surface area (Å²) in [6.45, 7) is 25.5. The Bertz CT molecular complexity index is 2550. The van der Waals surface area contributed by atoms with Crippen LogP contribution in [0.25, 0.3) is 10.8 Å². The van der Waals surface area contributed by atoms with Gasteiger partial charge in [-0.25, -0.2) is 4.79 Å². The van der Waals surface area contributed by atoms with Crippen molar-refractivity contribution in [3.05, 3.63) is 42.0 Å². The van der Waals surface area contributed by atoms with Crippen molar-refractivity contribution in [3.63, 3.8) is 0 Å². The summed E-state index contributed by atoms with van der Waals surface area (Å²) in [4.78, 5) is 72.0. The molecule has 432 valence electrons. The number of aromatic carboxylic acids is 1. The summed E-state index contributed by atoms with van der Waals surface area (Å²) >= 11 is 0. The highest BCUT2D eigenvalue weighted by atomic mass is 16.7. The Labute approximate surface area is 463 Å². The third kappa shape index (κ3) is 11.6. The number of hydrogen-bond acceptors (Lipinski definition) is 13. The number of aliphatic hydroxyl groups is 1. The van der Waals surface area contributed by atoms with Crippen molar-refractivity contribution in [3.8, 4) is 5.75 Å². The molecule has 8 aliphatic carbocycles. The Kier molecular flexibility index (Phi) is 16.8. The second-order valence-electron chi connectivity index (χ2n) is 27.8. The molecule has 14 nitrogen and oxygen atoms in total. The van der Waals surface area contributed by atoms with E-state index in [1.807, 2.05) is 76.2 Å². The monoisotopic (exact) mass is 1080 g/mol. The Balaban J connectivity index is 0.000000137. The van der Waals surface area contributed by atoms with Crippen LogP contribution in [0.5, 0.6) is 5.75 Å². The predicted molar refractivity (Wildman–Crippen MR) is 294 cm³/mol. The first-order chi connectivity index (χ1) is 36.5. The highest BCUT2D eigenvalue weighted by Gasteiger charge is 2.66. The first-order valence-corrected chi connectivity index (χ1v) is 29.7. The molecule has 0 spiro atoms. The van der Waals surface area contributed by atoms with Crippen molar-refractivity contribution in [2.45, 2.75) is 240 Å². The van der Waals surface area contributed by atoms with E-state index in [-0.39, 0.29) is 70.2 Å². The smallest absolute Gasteiger partial charge is 0.336 e. The van der Waals surface area contributed by atoms with Gasteiger partial charge in [-0.1, -0.05) is 58.9 Å². The van der Waals surface area contributed by atoms with Gasteiger partial charge in [-0.15, -0.1) is 0 Å². The maximum absolute atomic E-state index is 12.6. The highest BCUT2D eigenvalue weighted by Crippen LogP contribution is 2.62. The Morgan fingerprint density at radius 2 is 1.10 bits per heavy atom. The minimum atomic E-state index is -1.00. The summed E-state index contributed by atoms with van der Waals surface area (Å²) in [5.41, 5.74) is -2.68. The Hall–Kier alpha value is -4.56. The third-order valence-corrected chi connectivity index (χ3v) is 20.7. The number of carboxylic acid groups (broad SMARTS) is 1. The fourth-order valence-corrected chi connectivity index (χ4v) is 14.7. The van der Waals surface area contributed by atoms with Gasteiger partial charge in [0.1, 0.15) is 23.1 Å². The van der Waals surface area contributed by atoms with Gasteiger partial charge >= 0.3 is 35.8 Å². The molecule has 3 aliphatic heterocycles. The quantitative estimate of drug-likeness (QED) is 0.103. The van der Waals surface area contributed by atoms with E-state index in [1.165, 1.54) is 44.6 Å². The van der Waals surface area contributed by atoms with Gasteiger partial charge in [0.2, 0.25) is 0 Å². The molecule has 0 amide bonds. The average molecular weight is 1090 g/mol. The number of esters is 5. The van der Waals surface area contributed by atoms with Gasteiger partial charge in [0.05, 0.1) is 44.8 Å². The van der Waals surface area contributed by atoms with Crippen LogP contribution < -0.4 is 4.74 Å². The highest BCUT2D eigenvalue weighted by molar-refractivity contribution is 6.05. The number of carbonyl (C=O) groups excluding carboxylic acids is 5. The fourth-order valence-electron chi connectivity index (χ4n) is 14.7. The van der Waals surface area contributed by atoms with E-state index < -0.39 is 40.0 Å². The molecule has 2 aromatic carbocycles. The molecular formula is C64H92O14. The molecular weight excluding hydrogens is 993 g/mol. The van der Waals surface area contributed by atoms with Crippen LogP contribution in [0.3, 0.4) is 0 Å². The topological polar surface area (TPSA) is 198 Å².